The molecule has 1 aromatic heterocycles. The Bertz CT molecular complexity index is 627. The lowest BCUT2D eigenvalue weighted by Gasteiger charge is -2.43. The molecule has 0 aromatic carbocycles. The molecule has 2 amide bonds. The SMILES string of the molecule is CC1(C)Oc2cc(OC(N)=O)sc2[C@H](N2CCCC2=O)[C@H]1O. The number of likely N-dealkylation sites (tertiary alicyclic amines) is 1. The lowest BCUT2D eigenvalue weighted by molar-refractivity contribution is -0.139. The van der Waals surface area contributed by atoms with E-state index in [0.29, 0.717) is 28.7 Å². The van der Waals surface area contributed by atoms with Gasteiger partial charge in [-0.2, -0.15) is 0 Å². The summed E-state index contributed by atoms with van der Waals surface area (Å²) in [5.41, 5.74) is 4.18. The molecular weight excluding hydrogens is 308 g/mol. The number of hydrogen-bond donors (Lipinski definition) is 2. The van der Waals surface area contributed by atoms with Crippen molar-refractivity contribution in [2.45, 2.75) is 44.4 Å². The molecule has 3 N–H and O–H groups in total. The minimum absolute atomic E-state index is 0.0125. The fraction of sp³-hybridized carbons (Fsp3) is 0.571. The lowest BCUT2D eigenvalue weighted by Crippen LogP contribution is -2.53. The van der Waals surface area contributed by atoms with E-state index in [-0.39, 0.29) is 5.91 Å². The van der Waals surface area contributed by atoms with Crippen molar-refractivity contribution in [1.82, 2.24) is 4.90 Å². The lowest BCUT2D eigenvalue weighted by atomic mass is 9.90. The average molecular weight is 326 g/mol. The van der Waals surface area contributed by atoms with Gasteiger partial charge in [-0.05, 0) is 20.3 Å². The number of aliphatic hydroxyl groups is 1. The van der Waals surface area contributed by atoms with Crippen molar-refractivity contribution in [3.8, 4) is 10.8 Å². The topological polar surface area (TPSA) is 102 Å². The van der Waals surface area contributed by atoms with Gasteiger partial charge in [-0.3, -0.25) is 4.79 Å². The number of fused-ring (bicyclic) bond motifs is 1. The first kappa shape index (κ1) is 15.1. The second kappa shape index (κ2) is 5.13. The van der Waals surface area contributed by atoms with Crippen LogP contribution in [0.3, 0.4) is 0 Å². The van der Waals surface area contributed by atoms with Crippen LogP contribution in [0, 0.1) is 0 Å². The number of nitrogens with two attached hydrogens (primary N) is 1. The predicted molar refractivity (Wildman–Crippen MR) is 78.9 cm³/mol. The van der Waals surface area contributed by atoms with Gasteiger partial charge in [0.1, 0.15) is 17.5 Å². The molecule has 0 aliphatic carbocycles. The molecule has 3 heterocycles. The van der Waals surface area contributed by atoms with E-state index in [1.807, 2.05) is 0 Å². The summed E-state index contributed by atoms with van der Waals surface area (Å²) in [4.78, 5) is 25.4. The fourth-order valence-corrected chi connectivity index (χ4v) is 4.03. The summed E-state index contributed by atoms with van der Waals surface area (Å²) in [6.07, 6.45) is -0.529. The predicted octanol–water partition coefficient (Wildman–Crippen LogP) is 1.40. The summed E-state index contributed by atoms with van der Waals surface area (Å²) in [5.74, 6) is 0.528. The van der Waals surface area contributed by atoms with Gasteiger partial charge in [0.15, 0.2) is 5.06 Å². The van der Waals surface area contributed by atoms with E-state index in [4.69, 9.17) is 15.2 Å². The maximum absolute atomic E-state index is 12.1. The smallest absolute Gasteiger partial charge is 0.410 e. The third-order valence-corrected chi connectivity index (χ3v) is 5.07. The molecule has 2 aliphatic rings. The highest BCUT2D eigenvalue weighted by Crippen LogP contribution is 2.50. The quantitative estimate of drug-likeness (QED) is 0.855. The molecule has 22 heavy (non-hydrogen) atoms. The molecule has 2 aliphatic heterocycles. The van der Waals surface area contributed by atoms with Gasteiger partial charge in [-0.15, -0.1) is 0 Å². The fourth-order valence-electron chi connectivity index (χ4n) is 2.94. The zero-order chi connectivity index (χ0) is 16.1. The van der Waals surface area contributed by atoms with Crippen LogP contribution in [0.4, 0.5) is 4.79 Å². The summed E-state index contributed by atoms with van der Waals surface area (Å²) < 4.78 is 10.7. The van der Waals surface area contributed by atoms with Gasteiger partial charge in [-0.25, -0.2) is 4.79 Å². The highest BCUT2D eigenvalue weighted by atomic mass is 32.1. The van der Waals surface area contributed by atoms with Crippen LogP contribution < -0.4 is 15.2 Å². The monoisotopic (exact) mass is 326 g/mol. The van der Waals surface area contributed by atoms with Crippen molar-refractivity contribution in [1.29, 1.82) is 0 Å². The molecule has 0 unspecified atom stereocenters. The van der Waals surface area contributed by atoms with Crippen LogP contribution in [0.2, 0.25) is 0 Å². The zero-order valence-corrected chi connectivity index (χ0v) is 13.2. The number of carbonyl (C=O) groups is 2. The van der Waals surface area contributed by atoms with Gasteiger partial charge in [0.2, 0.25) is 5.91 Å². The molecule has 0 radical (unpaired) electrons. The Morgan fingerprint density at radius 2 is 2.32 bits per heavy atom. The van der Waals surface area contributed by atoms with Crippen LogP contribution in [0.5, 0.6) is 10.8 Å². The molecular formula is C14H18N2O5S. The first-order valence-corrected chi connectivity index (χ1v) is 7.89. The van der Waals surface area contributed by atoms with Crippen molar-refractivity contribution in [3.05, 3.63) is 10.9 Å². The number of thiophene rings is 1. The van der Waals surface area contributed by atoms with Crippen molar-refractivity contribution in [3.63, 3.8) is 0 Å². The van der Waals surface area contributed by atoms with Gasteiger partial charge < -0.3 is 25.2 Å². The highest BCUT2D eigenvalue weighted by molar-refractivity contribution is 7.14. The number of carbonyl (C=O) groups excluding carboxylic acids is 2. The molecule has 1 saturated heterocycles. The number of aliphatic hydroxyl groups excluding tert-OH is 1. The summed E-state index contributed by atoms with van der Waals surface area (Å²) in [6, 6.07) is 1.08. The summed E-state index contributed by atoms with van der Waals surface area (Å²) in [5, 5.41) is 11.0. The van der Waals surface area contributed by atoms with Crippen molar-refractivity contribution in [2.24, 2.45) is 5.73 Å². The van der Waals surface area contributed by atoms with E-state index in [1.54, 1.807) is 24.8 Å². The van der Waals surface area contributed by atoms with E-state index in [1.165, 1.54) is 0 Å². The number of hydrogen-bond acceptors (Lipinski definition) is 6. The minimum Gasteiger partial charge on any atom is -0.484 e. The Morgan fingerprint density at radius 1 is 1.59 bits per heavy atom. The standard InChI is InChI=1S/C14H18N2O5S/c1-14(2)12(18)10(16-5-3-4-8(16)17)11-7(21-14)6-9(22-11)20-13(15)19/h6,10,12,18H,3-5H2,1-2H3,(H2,15,19)/t10-,12+/m0/s1. The molecule has 3 rings (SSSR count). The molecule has 120 valence electrons. The second-order valence-corrected chi connectivity index (χ2v) is 7.05. The molecule has 2 atom stereocenters. The van der Waals surface area contributed by atoms with E-state index in [0.717, 1.165) is 17.8 Å². The maximum Gasteiger partial charge on any atom is 0.410 e. The van der Waals surface area contributed by atoms with Crippen LogP contribution >= 0.6 is 11.3 Å². The summed E-state index contributed by atoms with van der Waals surface area (Å²) >= 11 is 1.16. The highest BCUT2D eigenvalue weighted by Gasteiger charge is 2.48. The van der Waals surface area contributed by atoms with Gasteiger partial charge >= 0.3 is 6.09 Å². The number of primary amides is 1. The molecule has 1 fully saturated rings. The van der Waals surface area contributed by atoms with Crippen LogP contribution in [-0.2, 0) is 4.79 Å². The van der Waals surface area contributed by atoms with E-state index in [2.05, 4.69) is 0 Å². The normalized spacial score (nSPS) is 26.5. The van der Waals surface area contributed by atoms with Crippen LogP contribution in [0.15, 0.2) is 6.07 Å². The molecule has 0 spiro atoms. The van der Waals surface area contributed by atoms with Gasteiger partial charge in [0, 0.05) is 19.0 Å². The number of rotatable bonds is 2. The van der Waals surface area contributed by atoms with Crippen LogP contribution in [0.1, 0.15) is 37.6 Å². The van der Waals surface area contributed by atoms with Crippen molar-refractivity contribution in [2.75, 3.05) is 6.54 Å². The van der Waals surface area contributed by atoms with Crippen molar-refractivity contribution < 1.29 is 24.2 Å². The van der Waals surface area contributed by atoms with Crippen molar-refractivity contribution >= 4 is 23.3 Å². The molecule has 0 bridgehead atoms. The van der Waals surface area contributed by atoms with Gasteiger partial charge in [0.25, 0.3) is 0 Å². The summed E-state index contributed by atoms with van der Waals surface area (Å²) in [6.45, 7) is 4.13. The van der Waals surface area contributed by atoms with E-state index >= 15 is 0 Å². The summed E-state index contributed by atoms with van der Waals surface area (Å²) in [7, 11) is 0. The Labute approximate surface area is 131 Å². The Kier molecular flexibility index (Phi) is 3.53. The Hall–Kier alpha value is -1.80. The zero-order valence-electron chi connectivity index (χ0n) is 12.4. The third kappa shape index (κ3) is 2.42. The van der Waals surface area contributed by atoms with E-state index in [9.17, 15) is 14.7 Å². The first-order chi connectivity index (χ1) is 10.3. The third-order valence-electron chi connectivity index (χ3n) is 4.00. The maximum atomic E-state index is 12.1. The Morgan fingerprint density at radius 3 is 2.91 bits per heavy atom. The van der Waals surface area contributed by atoms with Gasteiger partial charge in [0.05, 0.1) is 10.9 Å². The van der Waals surface area contributed by atoms with E-state index < -0.39 is 23.8 Å². The minimum atomic E-state index is -0.910. The number of amides is 2. The average Bonchev–Trinajstić information content (AvgIpc) is 2.96. The molecule has 7 nitrogen and oxygen atoms in total. The number of nitrogens with zero attached hydrogens (tertiary/aromatic N) is 1. The second-order valence-electron chi connectivity index (χ2n) is 6.00. The molecule has 8 heteroatoms. The van der Waals surface area contributed by atoms with Crippen LogP contribution in [-0.4, -0.2) is 40.3 Å². The first-order valence-electron chi connectivity index (χ1n) is 7.07. The Balaban J connectivity index is 2.03. The molecule has 0 saturated carbocycles. The van der Waals surface area contributed by atoms with Gasteiger partial charge in [-0.1, -0.05) is 11.3 Å². The molecule has 1 aromatic rings. The number of ether oxygens (including phenoxy) is 2. The van der Waals surface area contributed by atoms with Crippen LogP contribution in [0.25, 0.3) is 0 Å². The largest absolute Gasteiger partial charge is 0.484 e.